The number of halogens is 1. The summed E-state index contributed by atoms with van der Waals surface area (Å²) in [6.45, 7) is 0.245. The van der Waals surface area contributed by atoms with Crippen molar-refractivity contribution in [1.82, 2.24) is 4.31 Å². The van der Waals surface area contributed by atoms with Gasteiger partial charge in [0.15, 0.2) is 0 Å². The van der Waals surface area contributed by atoms with Crippen molar-refractivity contribution < 1.29 is 13.3 Å². The molecule has 9 heteroatoms. The molecular weight excluding hydrogens is 318 g/mol. The van der Waals surface area contributed by atoms with E-state index in [1.807, 2.05) is 0 Å². The molecule has 7 nitrogen and oxygen atoms in total. The molecule has 1 saturated carbocycles. The van der Waals surface area contributed by atoms with Crippen LogP contribution in [0.5, 0.6) is 0 Å². The van der Waals surface area contributed by atoms with Crippen molar-refractivity contribution in [1.29, 1.82) is 0 Å². The smallest absolute Gasteiger partial charge is 0.270 e. The van der Waals surface area contributed by atoms with Gasteiger partial charge in [-0.25, -0.2) is 8.42 Å². The van der Waals surface area contributed by atoms with Crippen LogP contribution in [0, 0.1) is 16.0 Å². The highest BCUT2D eigenvalue weighted by atomic mass is 35.5. The lowest BCUT2D eigenvalue weighted by Crippen LogP contribution is -2.43. The molecule has 0 radical (unpaired) electrons. The summed E-state index contributed by atoms with van der Waals surface area (Å²) in [4.78, 5) is 10.0. The third-order valence-electron chi connectivity index (χ3n) is 3.58. The Morgan fingerprint density at radius 3 is 2.57 bits per heavy atom. The number of rotatable bonds is 6. The summed E-state index contributed by atoms with van der Waals surface area (Å²) in [5, 5.41) is 10.7. The quantitative estimate of drug-likeness (QED) is 0.624. The predicted octanol–water partition coefficient (Wildman–Crippen LogP) is 1.37. The lowest BCUT2D eigenvalue weighted by atomic mass is 10.2. The van der Waals surface area contributed by atoms with Crippen LogP contribution in [0.15, 0.2) is 29.2 Å². The summed E-state index contributed by atoms with van der Waals surface area (Å²) < 4.78 is 26.2. The Kier molecular flexibility index (Phi) is 5.68. The van der Waals surface area contributed by atoms with Crippen LogP contribution in [-0.4, -0.2) is 37.3 Å². The summed E-state index contributed by atoms with van der Waals surface area (Å²) in [5.74, 6) is 0.290. The van der Waals surface area contributed by atoms with Crippen molar-refractivity contribution in [2.45, 2.75) is 23.8 Å². The van der Waals surface area contributed by atoms with E-state index in [0.29, 0.717) is 5.92 Å². The van der Waals surface area contributed by atoms with Crippen molar-refractivity contribution in [3.05, 3.63) is 34.4 Å². The van der Waals surface area contributed by atoms with Crippen LogP contribution in [-0.2, 0) is 10.0 Å². The molecule has 1 atom stereocenters. The Labute approximate surface area is 129 Å². The second-order valence-corrected chi connectivity index (χ2v) is 6.91. The molecule has 1 unspecified atom stereocenters. The average Bonchev–Trinajstić information content (AvgIpc) is 3.24. The van der Waals surface area contributed by atoms with Crippen LogP contribution in [0.2, 0.25) is 0 Å². The number of nitro benzene ring substituents is 1. The molecule has 1 aliphatic rings. The van der Waals surface area contributed by atoms with Crippen LogP contribution in [0.3, 0.4) is 0 Å². The fraction of sp³-hybridized carbons (Fsp3) is 0.500. The normalized spacial score (nSPS) is 16.3. The van der Waals surface area contributed by atoms with Gasteiger partial charge >= 0.3 is 0 Å². The number of hydrogen-bond acceptors (Lipinski definition) is 5. The topological polar surface area (TPSA) is 107 Å². The van der Waals surface area contributed by atoms with Gasteiger partial charge in [0.25, 0.3) is 5.69 Å². The van der Waals surface area contributed by atoms with Gasteiger partial charge in [-0.1, -0.05) is 6.07 Å². The second-order valence-electron chi connectivity index (χ2n) is 4.92. The van der Waals surface area contributed by atoms with E-state index in [4.69, 9.17) is 5.73 Å². The van der Waals surface area contributed by atoms with E-state index in [1.54, 1.807) is 0 Å². The van der Waals surface area contributed by atoms with Gasteiger partial charge in [-0.2, -0.15) is 4.31 Å². The SMILES string of the molecule is CN(C(CN)C1CC1)S(=O)(=O)c1cccc([N+](=O)[O-])c1.Cl. The average molecular weight is 336 g/mol. The van der Waals surface area contributed by atoms with Gasteiger partial charge in [0.2, 0.25) is 10.0 Å². The first kappa shape index (κ1) is 17.8. The summed E-state index contributed by atoms with van der Waals surface area (Å²) in [7, 11) is -2.29. The summed E-state index contributed by atoms with van der Waals surface area (Å²) in [5.41, 5.74) is 5.41. The number of nitro groups is 1. The second kappa shape index (κ2) is 6.69. The molecule has 0 heterocycles. The maximum absolute atomic E-state index is 12.5. The van der Waals surface area contributed by atoms with Crippen LogP contribution in [0.25, 0.3) is 0 Å². The molecule has 1 aromatic rings. The van der Waals surface area contributed by atoms with Crippen molar-refractivity contribution in [2.24, 2.45) is 11.7 Å². The fourth-order valence-electron chi connectivity index (χ4n) is 2.22. The Morgan fingerprint density at radius 1 is 1.48 bits per heavy atom. The number of likely N-dealkylation sites (N-methyl/N-ethyl adjacent to an activating group) is 1. The lowest BCUT2D eigenvalue weighted by Gasteiger charge is -2.26. The zero-order valence-electron chi connectivity index (χ0n) is 11.5. The highest BCUT2D eigenvalue weighted by molar-refractivity contribution is 7.89. The Bertz CT molecular complexity index is 619. The molecule has 0 aliphatic heterocycles. The minimum atomic E-state index is -3.76. The zero-order chi connectivity index (χ0) is 14.9. The maximum atomic E-state index is 12.5. The fourth-order valence-corrected chi connectivity index (χ4v) is 3.69. The highest BCUT2D eigenvalue weighted by Gasteiger charge is 2.38. The molecule has 1 aliphatic carbocycles. The van der Waals surface area contributed by atoms with Gasteiger partial charge in [0.05, 0.1) is 9.82 Å². The van der Waals surface area contributed by atoms with E-state index >= 15 is 0 Å². The number of benzene rings is 1. The first-order chi connectivity index (χ1) is 9.37. The van der Waals surface area contributed by atoms with E-state index in [-0.39, 0.29) is 35.6 Å². The van der Waals surface area contributed by atoms with E-state index < -0.39 is 14.9 Å². The standard InChI is InChI=1S/C12H17N3O4S.ClH/c1-14(12(8-13)9-5-6-9)20(18,19)11-4-2-3-10(7-11)15(16)17;/h2-4,7,9,12H,5-6,8,13H2,1H3;1H. The maximum Gasteiger partial charge on any atom is 0.270 e. The molecule has 21 heavy (non-hydrogen) atoms. The summed E-state index contributed by atoms with van der Waals surface area (Å²) in [6, 6.07) is 4.82. The lowest BCUT2D eigenvalue weighted by molar-refractivity contribution is -0.385. The minimum Gasteiger partial charge on any atom is -0.329 e. The van der Waals surface area contributed by atoms with Crippen molar-refractivity contribution in [3.8, 4) is 0 Å². The van der Waals surface area contributed by atoms with E-state index in [0.717, 1.165) is 18.9 Å². The zero-order valence-corrected chi connectivity index (χ0v) is 13.1. The van der Waals surface area contributed by atoms with Gasteiger partial charge in [0, 0.05) is 31.8 Å². The number of nitrogens with two attached hydrogens (primary N) is 1. The van der Waals surface area contributed by atoms with Crippen LogP contribution >= 0.6 is 12.4 Å². The highest BCUT2D eigenvalue weighted by Crippen LogP contribution is 2.36. The largest absolute Gasteiger partial charge is 0.329 e. The summed E-state index contributed by atoms with van der Waals surface area (Å²) >= 11 is 0. The molecule has 1 aromatic carbocycles. The van der Waals surface area contributed by atoms with Gasteiger partial charge in [0.1, 0.15) is 0 Å². The molecule has 0 bridgehead atoms. The Morgan fingerprint density at radius 2 is 2.10 bits per heavy atom. The van der Waals surface area contributed by atoms with Crippen LogP contribution in [0.4, 0.5) is 5.69 Å². The molecule has 0 amide bonds. The first-order valence-corrected chi connectivity index (χ1v) is 7.74. The third-order valence-corrected chi connectivity index (χ3v) is 5.46. The molecule has 2 rings (SSSR count). The molecule has 0 saturated heterocycles. The number of hydrogen-bond donors (Lipinski definition) is 1. The minimum absolute atomic E-state index is 0. The van der Waals surface area contributed by atoms with Crippen molar-refractivity contribution in [2.75, 3.05) is 13.6 Å². The Balaban J connectivity index is 0.00000220. The van der Waals surface area contributed by atoms with E-state index in [1.165, 1.54) is 29.6 Å². The van der Waals surface area contributed by atoms with E-state index in [2.05, 4.69) is 0 Å². The molecule has 0 aromatic heterocycles. The van der Waals surface area contributed by atoms with Crippen molar-refractivity contribution >= 4 is 28.1 Å². The molecule has 0 spiro atoms. The van der Waals surface area contributed by atoms with Crippen LogP contribution in [0.1, 0.15) is 12.8 Å². The number of non-ortho nitro benzene ring substituents is 1. The Hall–Kier alpha value is -1.22. The van der Waals surface area contributed by atoms with Gasteiger partial charge in [-0.3, -0.25) is 10.1 Å². The van der Waals surface area contributed by atoms with Crippen LogP contribution < -0.4 is 5.73 Å². The monoisotopic (exact) mass is 335 g/mol. The molecule has 2 N–H and O–H groups in total. The predicted molar refractivity (Wildman–Crippen MR) is 80.9 cm³/mol. The summed E-state index contributed by atoms with van der Waals surface area (Å²) in [6.07, 6.45) is 1.94. The number of sulfonamides is 1. The first-order valence-electron chi connectivity index (χ1n) is 6.30. The third kappa shape index (κ3) is 3.70. The van der Waals surface area contributed by atoms with E-state index in [9.17, 15) is 18.5 Å². The van der Waals surface area contributed by atoms with Gasteiger partial charge < -0.3 is 5.73 Å². The van der Waals surface area contributed by atoms with Crippen molar-refractivity contribution in [3.63, 3.8) is 0 Å². The number of nitrogens with zero attached hydrogens (tertiary/aromatic N) is 2. The van der Waals surface area contributed by atoms with Gasteiger partial charge in [-0.05, 0) is 24.8 Å². The molecular formula is C12H18ClN3O4S. The van der Waals surface area contributed by atoms with Gasteiger partial charge in [-0.15, -0.1) is 12.4 Å². The molecule has 118 valence electrons. The molecule has 1 fully saturated rings.